The molecule has 3 nitrogen and oxygen atoms in total. The lowest BCUT2D eigenvalue weighted by Gasteiger charge is -2.11. The van der Waals surface area contributed by atoms with Crippen LogP contribution in [0.5, 0.6) is 5.75 Å². The van der Waals surface area contributed by atoms with E-state index in [9.17, 15) is 9.50 Å². The molecule has 0 aliphatic heterocycles. The van der Waals surface area contributed by atoms with Crippen molar-refractivity contribution in [2.75, 3.05) is 0 Å². The Bertz CT molecular complexity index is 695. The number of benzene rings is 2. The van der Waals surface area contributed by atoms with Crippen molar-refractivity contribution in [1.82, 2.24) is 0 Å². The summed E-state index contributed by atoms with van der Waals surface area (Å²) >= 11 is 6.06. The van der Waals surface area contributed by atoms with Gasteiger partial charge < -0.3 is 9.84 Å². The third-order valence-corrected chi connectivity index (χ3v) is 3.32. The van der Waals surface area contributed by atoms with Crippen molar-refractivity contribution in [3.63, 3.8) is 0 Å². The van der Waals surface area contributed by atoms with E-state index in [1.54, 1.807) is 43.3 Å². The van der Waals surface area contributed by atoms with E-state index in [2.05, 4.69) is 0 Å². The summed E-state index contributed by atoms with van der Waals surface area (Å²) in [5.74, 6) is -0.195. The molecule has 0 aliphatic carbocycles. The minimum atomic E-state index is -0.624. The first-order valence-corrected chi connectivity index (χ1v) is 6.68. The molecule has 0 heterocycles. The molecule has 0 fully saturated rings. The first-order valence-electron chi connectivity index (χ1n) is 6.30. The van der Waals surface area contributed by atoms with Gasteiger partial charge in [-0.3, -0.25) is 0 Å². The minimum absolute atomic E-state index is 0.0216. The summed E-state index contributed by atoms with van der Waals surface area (Å²) in [6.45, 7) is 1.60. The lowest BCUT2D eigenvalue weighted by atomic mass is 10.1. The zero-order valence-electron chi connectivity index (χ0n) is 11.3. The number of halogens is 2. The number of aliphatic hydroxyl groups excluding tert-OH is 1. The Kier molecular flexibility index (Phi) is 4.79. The second-order valence-electron chi connectivity index (χ2n) is 4.54. The van der Waals surface area contributed by atoms with Crippen LogP contribution < -0.4 is 4.74 Å². The molecule has 2 aromatic carbocycles. The Labute approximate surface area is 127 Å². The number of ether oxygens (including phenoxy) is 1. The zero-order valence-corrected chi connectivity index (χ0v) is 12.1. The number of hydrogen-bond acceptors (Lipinski definition) is 3. The molecular weight excluding hydrogens is 293 g/mol. The standard InChI is InChI=1S/C16H13ClFNO2/c1-10(20)11-5-6-15(14(17)7-11)21-9-13-4-2-3-12(8-19)16(13)18/h2-7,10,20H,9H2,1H3. The highest BCUT2D eigenvalue weighted by Crippen LogP contribution is 2.28. The van der Waals surface area contributed by atoms with Crippen molar-refractivity contribution in [3.05, 3.63) is 63.9 Å². The molecule has 0 amide bonds. The van der Waals surface area contributed by atoms with Gasteiger partial charge in [0.05, 0.1) is 16.7 Å². The molecule has 1 unspecified atom stereocenters. The molecule has 5 heteroatoms. The minimum Gasteiger partial charge on any atom is -0.487 e. The third kappa shape index (κ3) is 3.52. The highest BCUT2D eigenvalue weighted by molar-refractivity contribution is 6.32. The maximum Gasteiger partial charge on any atom is 0.147 e. The van der Waals surface area contributed by atoms with Crippen LogP contribution in [0.2, 0.25) is 5.02 Å². The summed E-state index contributed by atoms with van der Waals surface area (Å²) in [4.78, 5) is 0. The van der Waals surface area contributed by atoms with Gasteiger partial charge in [-0.15, -0.1) is 0 Å². The van der Waals surface area contributed by atoms with Crippen LogP contribution in [0.4, 0.5) is 4.39 Å². The van der Waals surface area contributed by atoms with Gasteiger partial charge in [-0.1, -0.05) is 29.8 Å². The van der Waals surface area contributed by atoms with Gasteiger partial charge in [0.25, 0.3) is 0 Å². The van der Waals surface area contributed by atoms with Crippen LogP contribution in [0.25, 0.3) is 0 Å². The Balaban J connectivity index is 2.16. The molecule has 0 saturated carbocycles. The van der Waals surface area contributed by atoms with Gasteiger partial charge in [0.1, 0.15) is 24.2 Å². The highest BCUT2D eigenvalue weighted by atomic mass is 35.5. The second kappa shape index (κ2) is 6.57. The number of rotatable bonds is 4. The van der Waals surface area contributed by atoms with E-state index < -0.39 is 11.9 Å². The Morgan fingerprint density at radius 1 is 1.38 bits per heavy atom. The number of nitriles is 1. The highest BCUT2D eigenvalue weighted by Gasteiger charge is 2.10. The maximum atomic E-state index is 13.9. The molecular formula is C16H13ClFNO2. The predicted molar refractivity (Wildman–Crippen MR) is 77.5 cm³/mol. The summed E-state index contributed by atoms with van der Waals surface area (Å²) in [7, 11) is 0. The van der Waals surface area contributed by atoms with Crippen molar-refractivity contribution < 1.29 is 14.2 Å². The lowest BCUT2D eigenvalue weighted by molar-refractivity contribution is 0.199. The van der Waals surface area contributed by atoms with Gasteiger partial charge in [-0.2, -0.15) is 5.26 Å². The van der Waals surface area contributed by atoms with E-state index in [-0.39, 0.29) is 17.7 Å². The topological polar surface area (TPSA) is 53.2 Å². The van der Waals surface area contributed by atoms with Crippen LogP contribution in [-0.2, 0) is 6.61 Å². The van der Waals surface area contributed by atoms with Crippen molar-refractivity contribution in [1.29, 1.82) is 5.26 Å². The number of aliphatic hydroxyl groups is 1. The average Bonchev–Trinajstić information content (AvgIpc) is 2.47. The van der Waals surface area contributed by atoms with Crippen molar-refractivity contribution in [2.45, 2.75) is 19.6 Å². The van der Waals surface area contributed by atoms with Crippen molar-refractivity contribution in [2.24, 2.45) is 0 Å². The van der Waals surface area contributed by atoms with Gasteiger partial charge in [-0.25, -0.2) is 4.39 Å². The largest absolute Gasteiger partial charge is 0.487 e. The maximum absolute atomic E-state index is 13.9. The summed E-state index contributed by atoms with van der Waals surface area (Å²) in [5.41, 5.74) is 0.932. The smallest absolute Gasteiger partial charge is 0.147 e. The normalized spacial score (nSPS) is 11.8. The molecule has 0 aliphatic rings. The van der Waals surface area contributed by atoms with Crippen LogP contribution in [0, 0.1) is 17.1 Å². The van der Waals surface area contributed by atoms with E-state index in [1.165, 1.54) is 6.07 Å². The van der Waals surface area contributed by atoms with Gasteiger partial charge in [-0.05, 0) is 30.7 Å². The van der Waals surface area contributed by atoms with Gasteiger partial charge in [0, 0.05) is 5.56 Å². The van der Waals surface area contributed by atoms with Gasteiger partial charge >= 0.3 is 0 Å². The Morgan fingerprint density at radius 2 is 2.14 bits per heavy atom. The van der Waals surface area contributed by atoms with Gasteiger partial charge in [0.15, 0.2) is 0 Å². The Hall–Kier alpha value is -2.09. The summed E-state index contributed by atoms with van der Waals surface area (Å²) in [6.07, 6.45) is -0.624. The fraction of sp³-hybridized carbons (Fsp3) is 0.188. The molecule has 2 rings (SSSR count). The molecule has 0 saturated heterocycles. The fourth-order valence-corrected chi connectivity index (χ4v) is 2.07. The van der Waals surface area contributed by atoms with E-state index in [0.29, 0.717) is 16.3 Å². The molecule has 0 aromatic heterocycles. The fourth-order valence-electron chi connectivity index (χ4n) is 1.83. The molecule has 1 N–H and O–H groups in total. The lowest BCUT2D eigenvalue weighted by Crippen LogP contribution is -2.01. The van der Waals surface area contributed by atoms with Crippen LogP contribution in [0.1, 0.15) is 29.7 Å². The molecule has 1 atom stereocenters. The van der Waals surface area contributed by atoms with Crippen molar-refractivity contribution >= 4 is 11.6 Å². The number of hydrogen-bond donors (Lipinski definition) is 1. The van der Waals surface area contributed by atoms with Crippen LogP contribution in [0.15, 0.2) is 36.4 Å². The molecule has 0 bridgehead atoms. The first kappa shape index (κ1) is 15.3. The summed E-state index contributed by atoms with van der Waals surface area (Å²) in [6, 6.07) is 11.2. The summed E-state index contributed by atoms with van der Waals surface area (Å²) < 4.78 is 19.4. The summed E-state index contributed by atoms with van der Waals surface area (Å²) in [5, 5.41) is 18.6. The van der Waals surface area contributed by atoms with Crippen LogP contribution >= 0.6 is 11.6 Å². The van der Waals surface area contributed by atoms with E-state index >= 15 is 0 Å². The van der Waals surface area contributed by atoms with E-state index in [4.69, 9.17) is 21.6 Å². The average molecular weight is 306 g/mol. The predicted octanol–water partition coefficient (Wildman–Crippen LogP) is 3.98. The third-order valence-electron chi connectivity index (χ3n) is 3.02. The van der Waals surface area contributed by atoms with Crippen LogP contribution in [0.3, 0.4) is 0 Å². The number of nitrogens with zero attached hydrogens (tertiary/aromatic N) is 1. The van der Waals surface area contributed by atoms with Crippen LogP contribution in [-0.4, -0.2) is 5.11 Å². The zero-order chi connectivity index (χ0) is 15.4. The Morgan fingerprint density at radius 3 is 2.76 bits per heavy atom. The second-order valence-corrected chi connectivity index (χ2v) is 4.95. The molecule has 2 aromatic rings. The molecule has 108 valence electrons. The van der Waals surface area contributed by atoms with Gasteiger partial charge in [0.2, 0.25) is 0 Å². The molecule has 0 spiro atoms. The van der Waals surface area contributed by atoms with Crippen molar-refractivity contribution in [3.8, 4) is 11.8 Å². The molecule has 0 radical (unpaired) electrons. The monoisotopic (exact) mass is 305 g/mol. The SMILES string of the molecule is CC(O)c1ccc(OCc2cccc(C#N)c2F)c(Cl)c1. The first-order chi connectivity index (χ1) is 10.0. The van der Waals surface area contributed by atoms with E-state index in [1.807, 2.05) is 0 Å². The van der Waals surface area contributed by atoms with E-state index in [0.717, 1.165) is 0 Å². The quantitative estimate of drug-likeness (QED) is 0.929. The molecule has 21 heavy (non-hydrogen) atoms.